The fourth-order valence-electron chi connectivity index (χ4n) is 7.59. The summed E-state index contributed by atoms with van der Waals surface area (Å²) in [4.78, 5) is 0. The van der Waals surface area contributed by atoms with Crippen LogP contribution < -0.4 is 5.32 Å². The van der Waals surface area contributed by atoms with Crippen molar-refractivity contribution in [3.8, 4) is 33.4 Å². The van der Waals surface area contributed by atoms with Crippen molar-refractivity contribution in [1.82, 2.24) is 0 Å². The lowest BCUT2D eigenvalue weighted by Crippen LogP contribution is -1.94. The van der Waals surface area contributed by atoms with E-state index in [1.54, 1.807) is 0 Å². The van der Waals surface area contributed by atoms with Crippen LogP contribution in [0.2, 0.25) is 0 Å². The second-order valence-electron chi connectivity index (χ2n) is 12.9. The van der Waals surface area contributed by atoms with Gasteiger partial charge in [0.1, 0.15) is 22.3 Å². The molecule has 0 saturated carbocycles. The number of benzene rings is 7. The highest BCUT2D eigenvalue weighted by atomic mass is 16.3. The number of hydrogen-bond donors (Lipinski definition) is 1. The maximum absolute atomic E-state index is 6.46. The molecule has 3 nitrogen and oxygen atoms in total. The SMILES string of the molecule is C1=Cc2cc(-c3cccc(-c4cccc5oc6cccc(Nc7ccc(-c8cccc9oc%10ccccc%10c89)cc7)c6c45)c3)ccc2CC1. The van der Waals surface area contributed by atoms with Crippen LogP contribution in [-0.4, -0.2) is 0 Å². The molecule has 0 atom stereocenters. The minimum atomic E-state index is 0.861. The molecule has 0 unspecified atom stereocenters. The molecule has 0 spiro atoms. The molecule has 3 heteroatoms. The Morgan fingerprint density at radius 3 is 2.00 bits per heavy atom. The fourth-order valence-corrected chi connectivity index (χ4v) is 7.59. The van der Waals surface area contributed by atoms with Crippen LogP contribution >= 0.6 is 0 Å². The summed E-state index contributed by atoms with van der Waals surface area (Å²) in [6.45, 7) is 0. The van der Waals surface area contributed by atoms with Gasteiger partial charge >= 0.3 is 0 Å². The third kappa shape index (κ3) is 4.66. The summed E-state index contributed by atoms with van der Waals surface area (Å²) in [5, 5.41) is 8.20. The van der Waals surface area contributed by atoms with Crippen molar-refractivity contribution in [1.29, 1.82) is 0 Å². The molecule has 2 aromatic heterocycles. The number of aryl methyl sites for hydroxylation is 1. The second-order valence-corrected chi connectivity index (χ2v) is 12.9. The van der Waals surface area contributed by atoms with Gasteiger partial charge in [-0.2, -0.15) is 0 Å². The molecule has 0 saturated heterocycles. The van der Waals surface area contributed by atoms with E-state index in [4.69, 9.17) is 8.83 Å². The largest absolute Gasteiger partial charge is 0.456 e. The molecular weight excluding hydrogens is 599 g/mol. The quantitative estimate of drug-likeness (QED) is 0.206. The predicted molar refractivity (Wildman–Crippen MR) is 204 cm³/mol. The summed E-state index contributed by atoms with van der Waals surface area (Å²) in [6, 6.07) is 51.5. The Kier molecular flexibility index (Phi) is 6.31. The van der Waals surface area contributed by atoms with Crippen LogP contribution in [0.1, 0.15) is 17.5 Å². The number of rotatable bonds is 5. The Labute approximate surface area is 283 Å². The van der Waals surface area contributed by atoms with Gasteiger partial charge in [0.05, 0.1) is 11.1 Å². The Balaban J connectivity index is 1.04. The molecule has 0 radical (unpaired) electrons. The van der Waals surface area contributed by atoms with E-state index in [0.717, 1.165) is 84.8 Å². The van der Waals surface area contributed by atoms with E-state index in [2.05, 4.69) is 145 Å². The molecule has 0 bridgehead atoms. The third-order valence-electron chi connectivity index (χ3n) is 9.93. The standard InChI is InChI=1S/C46H31NO2/c1-2-10-31-27-33(22-21-29(31)9-1)32-11-5-12-34(28-32)37-15-7-19-42-45(37)46-39(16-8-20-43(46)49-42)47-35-25-23-30(24-26-35)36-14-6-18-41-44(36)38-13-3-4-17-40(38)48-41/h2-8,10-28,47H,1,9H2. The zero-order valence-corrected chi connectivity index (χ0v) is 26.7. The van der Waals surface area contributed by atoms with Crippen LogP contribution in [0.5, 0.6) is 0 Å². The van der Waals surface area contributed by atoms with Crippen molar-refractivity contribution in [3.05, 3.63) is 163 Å². The van der Waals surface area contributed by atoms with Gasteiger partial charge in [-0.05, 0) is 112 Å². The highest BCUT2D eigenvalue weighted by Crippen LogP contribution is 2.42. The predicted octanol–water partition coefficient (Wildman–Crippen LogP) is 13.2. The van der Waals surface area contributed by atoms with E-state index in [0.29, 0.717) is 0 Å². The summed E-state index contributed by atoms with van der Waals surface area (Å²) in [5.74, 6) is 0. The van der Waals surface area contributed by atoms with Gasteiger partial charge in [-0.1, -0.05) is 103 Å². The summed E-state index contributed by atoms with van der Waals surface area (Å²) >= 11 is 0. The van der Waals surface area contributed by atoms with E-state index in [1.165, 1.54) is 27.8 Å². The van der Waals surface area contributed by atoms with Crippen LogP contribution in [-0.2, 0) is 6.42 Å². The lowest BCUT2D eigenvalue weighted by molar-refractivity contribution is 0.668. The molecule has 1 aliphatic rings. The zero-order valence-electron chi connectivity index (χ0n) is 26.7. The average Bonchev–Trinajstić information content (AvgIpc) is 3.74. The average molecular weight is 630 g/mol. The first kappa shape index (κ1) is 27.8. The molecule has 10 rings (SSSR count). The van der Waals surface area contributed by atoms with Crippen molar-refractivity contribution in [2.24, 2.45) is 0 Å². The summed E-state index contributed by atoms with van der Waals surface area (Å²) in [7, 11) is 0. The van der Waals surface area contributed by atoms with Crippen LogP contribution in [0.25, 0.3) is 83.3 Å². The molecule has 0 amide bonds. The van der Waals surface area contributed by atoms with Crippen LogP contribution in [0.15, 0.2) is 161 Å². The molecule has 2 heterocycles. The van der Waals surface area contributed by atoms with E-state index >= 15 is 0 Å². The number of fused-ring (bicyclic) bond motifs is 7. The third-order valence-corrected chi connectivity index (χ3v) is 9.93. The number of nitrogens with one attached hydrogen (secondary N) is 1. The number of allylic oxidation sites excluding steroid dienone is 1. The first-order chi connectivity index (χ1) is 24.3. The molecule has 0 aliphatic heterocycles. The molecule has 0 fully saturated rings. The van der Waals surface area contributed by atoms with E-state index < -0.39 is 0 Å². The van der Waals surface area contributed by atoms with Crippen molar-refractivity contribution in [2.45, 2.75) is 12.8 Å². The molecule has 1 N–H and O–H groups in total. The maximum Gasteiger partial charge on any atom is 0.137 e. The van der Waals surface area contributed by atoms with Crippen molar-refractivity contribution in [2.75, 3.05) is 5.32 Å². The van der Waals surface area contributed by atoms with Crippen LogP contribution in [0.4, 0.5) is 11.4 Å². The minimum absolute atomic E-state index is 0.861. The molecule has 7 aromatic carbocycles. The van der Waals surface area contributed by atoms with Crippen LogP contribution in [0.3, 0.4) is 0 Å². The van der Waals surface area contributed by atoms with Gasteiger partial charge in [-0.15, -0.1) is 0 Å². The molecule has 9 aromatic rings. The van der Waals surface area contributed by atoms with Crippen LogP contribution in [0, 0.1) is 0 Å². The summed E-state index contributed by atoms with van der Waals surface area (Å²) < 4.78 is 12.6. The van der Waals surface area contributed by atoms with E-state index in [9.17, 15) is 0 Å². The highest BCUT2D eigenvalue weighted by molar-refractivity contribution is 6.18. The Hall–Kier alpha value is -6.32. The number of anilines is 2. The minimum Gasteiger partial charge on any atom is -0.456 e. The smallest absolute Gasteiger partial charge is 0.137 e. The van der Waals surface area contributed by atoms with Crippen molar-refractivity contribution >= 4 is 61.3 Å². The van der Waals surface area contributed by atoms with Gasteiger partial charge in [0.25, 0.3) is 0 Å². The normalized spacial score (nSPS) is 12.7. The topological polar surface area (TPSA) is 38.3 Å². The van der Waals surface area contributed by atoms with Gasteiger partial charge in [-0.3, -0.25) is 0 Å². The summed E-state index contributed by atoms with van der Waals surface area (Å²) in [5.41, 5.74) is 15.4. The molecule has 1 aliphatic carbocycles. The van der Waals surface area contributed by atoms with Gasteiger partial charge < -0.3 is 14.2 Å². The molecule has 49 heavy (non-hydrogen) atoms. The van der Waals surface area contributed by atoms with E-state index in [-0.39, 0.29) is 0 Å². The Morgan fingerprint density at radius 2 is 1.12 bits per heavy atom. The Morgan fingerprint density at radius 1 is 0.469 bits per heavy atom. The fraction of sp³-hybridized carbons (Fsp3) is 0.0435. The highest BCUT2D eigenvalue weighted by Gasteiger charge is 2.17. The van der Waals surface area contributed by atoms with Gasteiger partial charge in [0.2, 0.25) is 0 Å². The van der Waals surface area contributed by atoms with E-state index in [1.807, 2.05) is 18.2 Å². The lowest BCUT2D eigenvalue weighted by atomic mass is 9.91. The summed E-state index contributed by atoms with van der Waals surface area (Å²) in [6.07, 6.45) is 6.76. The zero-order chi connectivity index (χ0) is 32.3. The van der Waals surface area contributed by atoms with Gasteiger partial charge in [-0.25, -0.2) is 0 Å². The monoisotopic (exact) mass is 629 g/mol. The second kappa shape index (κ2) is 11.1. The van der Waals surface area contributed by atoms with Gasteiger partial charge in [0.15, 0.2) is 0 Å². The van der Waals surface area contributed by atoms with Crippen molar-refractivity contribution in [3.63, 3.8) is 0 Å². The number of hydrogen-bond acceptors (Lipinski definition) is 3. The van der Waals surface area contributed by atoms with Gasteiger partial charge in [0, 0.05) is 21.8 Å². The lowest BCUT2D eigenvalue weighted by Gasteiger charge is -2.13. The van der Waals surface area contributed by atoms with Crippen molar-refractivity contribution < 1.29 is 8.83 Å². The molecular formula is C46H31NO2. The first-order valence-electron chi connectivity index (χ1n) is 16.9. The maximum atomic E-state index is 6.46. The molecule has 232 valence electrons. The number of furan rings is 2. The Bertz CT molecular complexity index is 2740. The number of para-hydroxylation sites is 1. The first-order valence-corrected chi connectivity index (χ1v) is 16.9.